The molecule has 0 saturated heterocycles. The minimum Gasteiger partial charge on any atom is -0.354 e. The van der Waals surface area contributed by atoms with Gasteiger partial charge in [-0.05, 0) is 44.9 Å². The van der Waals surface area contributed by atoms with Crippen molar-refractivity contribution in [3.05, 3.63) is 57.4 Å². The van der Waals surface area contributed by atoms with Gasteiger partial charge >= 0.3 is 0 Å². The van der Waals surface area contributed by atoms with Gasteiger partial charge in [-0.1, -0.05) is 29.8 Å². The molecule has 0 aliphatic rings. The zero-order valence-corrected chi connectivity index (χ0v) is 14.6. The molecule has 0 aliphatic carbocycles. The molecule has 2 rings (SSSR count). The number of hydrogen-bond donors (Lipinski definition) is 1. The van der Waals surface area contributed by atoms with Crippen LogP contribution in [0.3, 0.4) is 0 Å². The number of rotatable bonds is 5. The molecule has 0 unspecified atom stereocenters. The number of amides is 1. The van der Waals surface area contributed by atoms with Crippen LogP contribution in [-0.2, 0) is 6.54 Å². The second kappa shape index (κ2) is 7.01. The van der Waals surface area contributed by atoms with E-state index in [9.17, 15) is 9.59 Å². The van der Waals surface area contributed by atoms with Crippen molar-refractivity contribution in [2.45, 2.75) is 34.2 Å². The summed E-state index contributed by atoms with van der Waals surface area (Å²) in [6, 6.07) is 7.48. The van der Waals surface area contributed by atoms with Gasteiger partial charge in [0.25, 0.3) is 5.91 Å². The Hall–Kier alpha value is -2.07. The lowest BCUT2D eigenvalue weighted by atomic mass is 10.1. The van der Waals surface area contributed by atoms with Gasteiger partial charge in [-0.3, -0.25) is 9.59 Å². The molecule has 1 N–H and O–H groups in total. The van der Waals surface area contributed by atoms with Gasteiger partial charge in [-0.2, -0.15) is 0 Å². The van der Waals surface area contributed by atoms with E-state index in [-0.39, 0.29) is 11.7 Å². The van der Waals surface area contributed by atoms with E-state index < -0.39 is 0 Å². The number of benzene rings is 1. The highest BCUT2D eigenvalue weighted by atomic mass is 35.5. The van der Waals surface area contributed by atoms with Crippen LogP contribution < -0.4 is 0 Å². The third kappa shape index (κ3) is 3.48. The lowest BCUT2D eigenvalue weighted by molar-refractivity contribution is 0.0746. The molecule has 1 heterocycles. The first-order valence-electron chi connectivity index (χ1n) is 7.59. The van der Waals surface area contributed by atoms with Gasteiger partial charge < -0.3 is 9.88 Å². The van der Waals surface area contributed by atoms with Crippen molar-refractivity contribution in [2.24, 2.45) is 0 Å². The second-order valence-corrected chi connectivity index (χ2v) is 6.00. The van der Waals surface area contributed by atoms with Crippen LogP contribution in [-0.4, -0.2) is 28.1 Å². The normalized spacial score (nSPS) is 10.7. The minimum atomic E-state index is -0.125. The largest absolute Gasteiger partial charge is 0.354 e. The number of Topliss-reactive ketones (excluding diaryl/α,β-unsaturated/α-hetero) is 1. The number of aromatic nitrogens is 1. The fraction of sp³-hybridized carbons (Fsp3) is 0.333. The number of carbonyl (C=O) groups excluding carboxylic acids is 2. The summed E-state index contributed by atoms with van der Waals surface area (Å²) < 4.78 is 0. The molecular weight excluding hydrogens is 312 g/mol. The maximum absolute atomic E-state index is 12.8. The molecule has 0 spiro atoms. The van der Waals surface area contributed by atoms with Crippen LogP contribution in [0, 0.1) is 13.8 Å². The Morgan fingerprint density at radius 1 is 1.22 bits per heavy atom. The van der Waals surface area contributed by atoms with E-state index >= 15 is 0 Å². The van der Waals surface area contributed by atoms with Crippen molar-refractivity contribution in [3.8, 4) is 0 Å². The molecule has 2 aromatic rings. The molecule has 1 aromatic heterocycles. The number of aryl methyl sites for hydroxylation is 1. The summed E-state index contributed by atoms with van der Waals surface area (Å²) in [5, 5.41) is 0.641. The number of carbonyl (C=O) groups is 2. The summed E-state index contributed by atoms with van der Waals surface area (Å²) in [4.78, 5) is 29.4. The highest BCUT2D eigenvalue weighted by molar-refractivity contribution is 6.31. The Labute approximate surface area is 141 Å². The van der Waals surface area contributed by atoms with E-state index in [0.29, 0.717) is 34.9 Å². The molecule has 0 radical (unpaired) electrons. The average molecular weight is 333 g/mol. The maximum Gasteiger partial charge on any atom is 0.270 e. The predicted octanol–water partition coefficient (Wildman–Crippen LogP) is 4.15. The lowest BCUT2D eigenvalue weighted by Gasteiger charge is -2.21. The summed E-state index contributed by atoms with van der Waals surface area (Å²) in [5.74, 6) is -0.162. The Kier molecular flexibility index (Phi) is 5.26. The highest BCUT2D eigenvalue weighted by Crippen LogP contribution is 2.22. The Balaban J connectivity index is 2.33. The molecule has 23 heavy (non-hydrogen) atoms. The van der Waals surface area contributed by atoms with E-state index in [4.69, 9.17) is 11.6 Å². The summed E-state index contributed by atoms with van der Waals surface area (Å²) in [5.41, 5.74) is 3.41. The topological polar surface area (TPSA) is 53.2 Å². The highest BCUT2D eigenvalue weighted by Gasteiger charge is 2.23. The molecule has 0 aliphatic heterocycles. The Morgan fingerprint density at radius 2 is 1.87 bits per heavy atom. The molecule has 4 nitrogen and oxygen atoms in total. The molecule has 0 fully saturated rings. The van der Waals surface area contributed by atoms with Crippen LogP contribution >= 0.6 is 11.6 Å². The minimum absolute atomic E-state index is 0.0375. The monoisotopic (exact) mass is 332 g/mol. The second-order valence-electron chi connectivity index (χ2n) is 5.59. The standard InChI is InChI=1S/C18H21ClN2O2/c1-5-21(10-14-8-6-7-9-15(14)19)18(23)17-11(2)16(13(4)22)12(3)20-17/h6-9,20H,5,10H2,1-4H3. The first-order chi connectivity index (χ1) is 10.9. The lowest BCUT2D eigenvalue weighted by Crippen LogP contribution is -2.31. The first-order valence-corrected chi connectivity index (χ1v) is 7.97. The number of halogens is 1. The molecule has 0 bridgehead atoms. The van der Waals surface area contributed by atoms with E-state index in [1.807, 2.05) is 38.1 Å². The summed E-state index contributed by atoms with van der Waals surface area (Å²) in [6.45, 7) is 8.03. The predicted molar refractivity (Wildman–Crippen MR) is 92.1 cm³/mol. The van der Waals surface area contributed by atoms with Crippen molar-refractivity contribution < 1.29 is 9.59 Å². The van der Waals surface area contributed by atoms with Gasteiger partial charge in [-0.15, -0.1) is 0 Å². The molecule has 5 heteroatoms. The average Bonchev–Trinajstić information content (AvgIpc) is 2.80. The van der Waals surface area contributed by atoms with E-state index in [0.717, 1.165) is 11.3 Å². The summed E-state index contributed by atoms with van der Waals surface area (Å²) in [7, 11) is 0. The number of ketones is 1. The smallest absolute Gasteiger partial charge is 0.270 e. The van der Waals surface area contributed by atoms with Crippen LogP contribution in [0.2, 0.25) is 5.02 Å². The van der Waals surface area contributed by atoms with Crippen molar-refractivity contribution in [1.29, 1.82) is 0 Å². The number of nitrogens with zero attached hydrogens (tertiary/aromatic N) is 1. The quantitative estimate of drug-likeness (QED) is 0.836. The van der Waals surface area contributed by atoms with Crippen LogP contribution in [0.15, 0.2) is 24.3 Å². The van der Waals surface area contributed by atoms with Crippen LogP contribution in [0.4, 0.5) is 0 Å². The summed E-state index contributed by atoms with van der Waals surface area (Å²) >= 11 is 6.19. The third-order valence-electron chi connectivity index (χ3n) is 3.99. The molecule has 0 atom stereocenters. The van der Waals surface area contributed by atoms with Gasteiger partial charge in [0.1, 0.15) is 5.69 Å². The van der Waals surface area contributed by atoms with Gasteiger partial charge in [0.15, 0.2) is 5.78 Å². The van der Waals surface area contributed by atoms with Crippen molar-refractivity contribution in [1.82, 2.24) is 9.88 Å². The van der Waals surface area contributed by atoms with E-state index in [1.54, 1.807) is 11.8 Å². The number of nitrogens with one attached hydrogen (secondary N) is 1. The molecule has 1 amide bonds. The van der Waals surface area contributed by atoms with Crippen molar-refractivity contribution in [2.75, 3.05) is 6.54 Å². The number of aromatic amines is 1. The van der Waals surface area contributed by atoms with Gasteiger partial charge in [0.2, 0.25) is 0 Å². The van der Waals surface area contributed by atoms with Gasteiger partial charge in [0.05, 0.1) is 0 Å². The van der Waals surface area contributed by atoms with E-state index in [2.05, 4.69) is 4.98 Å². The molecule has 122 valence electrons. The molecule has 0 saturated carbocycles. The number of H-pyrrole nitrogens is 1. The van der Waals surface area contributed by atoms with Crippen LogP contribution in [0.1, 0.15) is 51.5 Å². The van der Waals surface area contributed by atoms with Gasteiger partial charge in [-0.25, -0.2) is 0 Å². The molecule has 1 aromatic carbocycles. The fourth-order valence-electron chi connectivity index (χ4n) is 2.81. The van der Waals surface area contributed by atoms with Crippen molar-refractivity contribution >= 4 is 23.3 Å². The first kappa shape index (κ1) is 17.3. The SMILES string of the molecule is CCN(Cc1ccccc1Cl)C(=O)c1[nH]c(C)c(C(C)=O)c1C. The van der Waals surface area contributed by atoms with Gasteiger partial charge in [0, 0.05) is 29.4 Å². The summed E-state index contributed by atoms with van der Waals surface area (Å²) in [6.07, 6.45) is 0. The van der Waals surface area contributed by atoms with Crippen molar-refractivity contribution in [3.63, 3.8) is 0 Å². The zero-order chi connectivity index (χ0) is 17.1. The number of hydrogen-bond acceptors (Lipinski definition) is 2. The van der Waals surface area contributed by atoms with Crippen LogP contribution in [0.5, 0.6) is 0 Å². The molecular formula is C18H21ClN2O2. The Morgan fingerprint density at radius 3 is 2.39 bits per heavy atom. The zero-order valence-electron chi connectivity index (χ0n) is 13.9. The third-order valence-corrected chi connectivity index (χ3v) is 4.36. The fourth-order valence-corrected chi connectivity index (χ4v) is 3.01. The maximum atomic E-state index is 12.8. The Bertz CT molecular complexity index is 749. The van der Waals surface area contributed by atoms with E-state index in [1.165, 1.54) is 6.92 Å². The van der Waals surface area contributed by atoms with Crippen LogP contribution in [0.25, 0.3) is 0 Å².